The van der Waals surface area contributed by atoms with Crippen LogP contribution in [0.1, 0.15) is 50.2 Å². The van der Waals surface area contributed by atoms with E-state index >= 15 is 0 Å². The van der Waals surface area contributed by atoms with Crippen LogP contribution in [-0.4, -0.2) is 33.0 Å². The lowest BCUT2D eigenvalue weighted by molar-refractivity contribution is 0.103. The van der Waals surface area contributed by atoms with Crippen LogP contribution in [0.15, 0.2) is 66.9 Å². The first-order valence-electron chi connectivity index (χ1n) is 12.0. The SMILES string of the molecule is CC1(C)CC(Nc2ccnc(-c3ccc(NC(=O)c4cc5ccccc5s4)cc3)n2)CC(C)(C)N1. The molecule has 0 spiro atoms. The highest BCUT2D eigenvalue weighted by Crippen LogP contribution is 2.31. The van der Waals surface area contributed by atoms with Crippen molar-refractivity contribution in [3.05, 3.63) is 71.7 Å². The zero-order valence-electron chi connectivity index (χ0n) is 20.6. The molecule has 1 aliphatic heterocycles. The highest BCUT2D eigenvalue weighted by Gasteiger charge is 2.37. The lowest BCUT2D eigenvalue weighted by Gasteiger charge is -2.46. The number of thiophene rings is 1. The number of hydrogen-bond donors (Lipinski definition) is 3. The maximum atomic E-state index is 12.7. The average molecular weight is 486 g/mol. The second-order valence-corrected chi connectivity index (χ2v) is 11.7. The molecule has 4 aromatic rings. The minimum Gasteiger partial charge on any atom is -0.367 e. The lowest BCUT2D eigenvalue weighted by Crippen LogP contribution is -2.60. The predicted molar refractivity (Wildman–Crippen MR) is 145 cm³/mol. The van der Waals surface area contributed by atoms with Crippen LogP contribution in [0, 0.1) is 0 Å². The number of anilines is 2. The molecule has 3 heterocycles. The van der Waals surface area contributed by atoms with Gasteiger partial charge >= 0.3 is 0 Å². The number of nitrogens with zero attached hydrogens (tertiary/aromatic N) is 2. The predicted octanol–water partition coefficient (Wildman–Crippen LogP) is 6.33. The number of benzene rings is 2. The first-order valence-corrected chi connectivity index (χ1v) is 12.8. The maximum Gasteiger partial charge on any atom is 0.265 e. The Labute approximate surface area is 210 Å². The normalized spacial score (nSPS) is 17.3. The molecule has 0 bridgehead atoms. The molecule has 2 aromatic carbocycles. The molecule has 1 fully saturated rings. The van der Waals surface area contributed by atoms with E-state index < -0.39 is 0 Å². The van der Waals surface area contributed by atoms with Crippen LogP contribution in [-0.2, 0) is 0 Å². The smallest absolute Gasteiger partial charge is 0.265 e. The van der Waals surface area contributed by atoms with Gasteiger partial charge in [0.2, 0.25) is 0 Å². The average Bonchev–Trinajstić information content (AvgIpc) is 3.22. The van der Waals surface area contributed by atoms with Gasteiger partial charge in [0.1, 0.15) is 5.82 Å². The standard InChI is InChI=1S/C28H31N5OS/c1-27(2)16-21(17-28(3,4)33-27)30-24-13-14-29-25(32-24)18-9-11-20(12-10-18)31-26(34)23-15-19-7-5-6-8-22(19)35-23/h5-15,21,33H,16-17H2,1-4H3,(H,31,34)(H,29,30,32). The highest BCUT2D eigenvalue weighted by atomic mass is 32.1. The summed E-state index contributed by atoms with van der Waals surface area (Å²) in [5.41, 5.74) is 1.76. The van der Waals surface area contributed by atoms with Crippen molar-refractivity contribution in [3.63, 3.8) is 0 Å². The van der Waals surface area contributed by atoms with Crippen molar-refractivity contribution in [2.45, 2.75) is 57.7 Å². The molecule has 0 unspecified atom stereocenters. The molecular weight excluding hydrogens is 454 g/mol. The summed E-state index contributed by atoms with van der Waals surface area (Å²) in [6.45, 7) is 8.98. The number of carbonyl (C=O) groups is 1. The van der Waals surface area contributed by atoms with Crippen LogP contribution >= 0.6 is 11.3 Å². The van der Waals surface area contributed by atoms with E-state index in [0.29, 0.717) is 16.7 Å². The van der Waals surface area contributed by atoms with Crippen LogP contribution in [0.25, 0.3) is 21.5 Å². The fourth-order valence-corrected chi connectivity index (χ4v) is 6.16. The molecule has 5 rings (SSSR count). The monoisotopic (exact) mass is 485 g/mol. The third-order valence-corrected chi connectivity index (χ3v) is 7.36. The number of amides is 1. The van der Waals surface area contributed by atoms with E-state index in [1.807, 2.05) is 60.7 Å². The highest BCUT2D eigenvalue weighted by molar-refractivity contribution is 7.20. The van der Waals surface area contributed by atoms with Crippen LogP contribution in [0.2, 0.25) is 0 Å². The van der Waals surface area contributed by atoms with Gasteiger partial charge in [-0.05, 0) is 88.4 Å². The van der Waals surface area contributed by atoms with Gasteiger partial charge in [0.05, 0.1) is 4.88 Å². The van der Waals surface area contributed by atoms with Crippen LogP contribution in [0.4, 0.5) is 11.5 Å². The molecule has 3 N–H and O–H groups in total. The molecule has 2 aromatic heterocycles. The number of hydrogen-bond acceptors (Lipinski definition) is 6. The molecular formula is C28H31N5OS. The quantitative estimate of drug-likeness (QED) is 0.308. The van der Waals surface area contributed by atoms with Crippen molar-refractivity contribution in [3.8, 4) is 11.4 Å². The van der Waals surface area contributed by atoms with E-state index in [9.17, 15) is 4.79 Å². The van der Waals surface area contributed by atoms with Gasteiger partial charge in [-0.3, -0.25) is 4.79 Å². The Kier molecular flexibility index (Phi) is 6.07. The molecule has 6 nitrogen and oxygen atoms in total. The largest absolute Gasteiger partial charge is 0.367 e. The van der Waals surface area contributed by atoms with Gasteiger partial charge in [0.15, 0.2) is 5.82 Å². The van der Waals surface area contributed by atoms with Gasteiger partial charge in [0, 0.05) is 39.3 Å². The summed E-state index contributed by atoms with van der Waals surface area (Å²) in [4.78, 5) is 22.7. The maximum absolute atomic E-state index is 12.7. The van der Waals surface area contributed by atoms with Crippen molar-refractivity contribution < 1.29 is 4.79 Å². The number of fused-ring (bicyclic) bond motifs is 1. The second kappa shape index (κ2) is 9.06. The number of piperidine rings is 1. The number of aromatic nitrogens is 2. The van der Waals surface area contributed by atoms with Crippen LogP contribution in [0.3, 0.4) is 0 Å². The van der Waals surface area contributed by atoms with E-state index in [4.69, 9.17) is 4.98 Å². The molecule has 0 atom stereocenters. The summed E-state index contributed by atoms with van der Waals surface area (Å²) in [7, 11) is 0. The Bertz CT molecular complexity index is 1310. The van der Waals surface area contributed by atoms with Gasteiger partial charge in [-0.2, -0.15) is 0 Å². The summed E-state index contributed by atoms with van der Waals surface area (Å²) >= 11 is 1.50. The zero-order chi connectivity index (χ0) is 24.6. The summed E-state index contributed by atoms with van der Waals surface area (Å²) in [5.74, 6) is 1.38. The van der Waals surface area contributed by atoms with Crippen molar-refractivity contribution in [2.24, 2.45) is 0 Å². The van der Waals surface area contributed by atoms with E-state index in [-0.39, 0.29) is 17.0 Å². The van der Waals surface area contributed by atoms with Crippen molar-refractivity contribution in [2.75, 3.05) is 10.6 Å². The fourth-order valence-electron chi connectivity index (χ4n) is 5.20. The van der Waals surface area contributed by atoms with Gasteiger partial charge in [-0.1, -0.05) is 18.2 Å². The Hall–Kier alpha value is -3.29. The summed E-state index contributed by atoms with van der Waals surface area (Å²) in [5, 5.41) is 11.4. The third kappa shape index (κ3) is 5.52. The first-order chi connectivity index (χ1) is 16.7. The Balaban J connectivity index is 1.27. The van der Waals surface area contributed by atoms with E-state index in [2.05, 4.69) is 48.6 Å². The molecule has 0 aliphatic carbocycles. The Morgan fingerprint density at radius 2 is 1.71 bits per heavy atom. The molecule has 7 heteroatoms. The van der Waals surface area contributed by atoms with E-state index in [1.54, 1.807) is 6.20 Å². The minimum atomic E-state index is -0.103. The number of nitrogens with one attached hydrogen (secondary N) is 3. The zero-order valence-corrected chi connectivity index (χ0v) is 21.4. The first kappa shape index (κ1) is 23.5. The summed E-state index contributed by atoms with van der Waals surface area (Å²) in [6, 6.07) is 19.9. The molecule has 35 heavy (non-hydrogen) atoms. The summed E-state index contributed by atoms with van der Waals surface area (Å²) in [6.07, 6.45) is 3.83. The van der Waals surface area contributed by atoms with Crippen molar-refractivity contribution >= 4 is 38.8 Å². The van der Waals surface area contributed by atoms with Gasteiger partial charge in [-0.25, -0.2) is 9.97 Å². The van der Waals surface area contributed by atoms with Gasteiger partial charge in [-0.15, -0.1) is 11.3 Å². The molecule has 180 valence electrons. The summed E-state index contributed by atoms with van der Waals surface area (Å²) < 4.78 is 1.11. The molecule has 1 aliphatic rings. The third-order valence-electron chi connectivity index (χ3n) is 6.25. The van der Waals surface area contributed by atoms with Gasteiger partial charge in [0.25, 0.3) is 5.91 Å². The van der Waals surface area contributed by atoms with Crippen LogP contribution in [0.5, 0.6) is 0 Å². The van der Waals surface area contributed by atoms with Crippen LogP contribution < -0.4 is 16.0 Å². The topological polar surface area (TPSA) is 78.9 Å². The minimum absolute atomic E-state index is 0.0609. The molecule has 1 amide bonds. The second-order valence-electron chi connectivity index (χ2n) is 10.6. The number of rotatable bonds is 5. The lowest BCUT2D eigenvalue weighted by atomic mass is 9.79. The van der Waals surface area contributed by atoms with Gasteiger partial charge < -0.3 is 16.0 Å². The van der Waals surface area contributed by atoms with Crippen molar-refractivity contribution in [1.29, 1.82) is 0 Å². The van der Waals surface area contributed by atoms with E-state index in [1.165, 1.54) is 11.3 Å². The molecule has 1 saturated heterocycles. The molecule has 0 saturated carbocycles. The molecule has 0 radical (unpaired) electrons. The van der Waals surface area contributed by atoms with Crippen molar-refractivity contribution in [1.82, 2.24) is 15.3 Å². The number of carbonyl (C=O) groups excluding carboxylic acids is 1. The van der Waals surface area contributed by atoms with E-state index in [0.717, 1.165) is 40.0 Å². The Morgan fingerprint density at radius 1 is 1.00 bits per heavy atom. The Morgan fingerprint density at radius 3 is 2.43 bits per heavy atom. The fraction of sp³-hybridized carbons (Fsp3) is 0.321.